The zero-order valence-electron chi connectivity index (χ0n) is 19.1. The van der Waals surface area contributed by atoms with E-state index < -0.39 is 21.7 Å². The molecule has 2 heterocycles. The summed E-state index contributed by atoms with van der Waals surface area (Å²) >= 11 is 0. The third kappa shape index (κ3) is 4.24. The molecule has 2 aliphatic heterocycles. The molecule has 0 aromatic heterocycles. The SMILES string of the molecule is COc1ccc(N2C(N)=C(C#N)[C@H](c3ccc(OCC(N)=O)c(OC)c3)C3=C2CCS3(=O)=O)cc1. The van der Waals surface area contributed by atoms with Crippen LogP contribution in [0.3, 0.4) is 0 Å². The number of hydrogen-bond acceptors (Lipinski definition) is 9. The first-order chi connectivity index (χ1) is 16.7. The molecule has 182 valence electrons. The van der Waals surface area contributed by atoms with Crippen LogP contribution in [-0.4, -0.2) is 40.9 Å². The van der Waals surface area contributed by atoms with Gasteiger partial charge in [0, 0.05) is 17.8 Å². The van der Waals surface area contributed by atoms with E-state index in [4.69, 9.17) is 25.7 Å². The molecule has 0 radical (unpaired) electrons. The van der Waals surface area contributed by atoms with Crippen LogP contribution in [-0.2, 0) is 14.6 Å². The second-order valence-electron chi connectivity index (χ2n) is 7.92. The molecule has 0 unspecified atom stereocenters. The fourth-order valence-electron chi connectivity index (χ4n) is 4.35. The van der Waals surface area contributed by atoms with Crippen molar-refractivity contribution in [2.75, 3.05) is 31.5 Å². The lowest BCUT2D eigenvalue weighted by atomic mass is 9.87. The fourth-order valence-corrected chi connectivity index (χ4v) is 6.20. The maximum Gasteiger partial charge on any atom is 0.255 e. The van der Waals surface area contributed by atoms with Gasteiger partial charge in [0.15, 0.2) is 27.9 Å². The molecule has 2 aliphatic rings. The topological polar surface area (TPSA) is 158 Å². The number of methoxy groups -OCH3 is 2. The minimum Gasteiger partial charge on any atom is -0.497 e. The fraction of sp³-hybridized carbons (Fsp3) is 0.250. The number of sulfone groups is 1. The average molecular weight is 497 g/mol. The van der Waals surface area contributed by atoms with Crippen LogP contribution in [0.2, 0.25) is 0 Å². The van der Waals surface area contributed by atoms with E-state index in [0.29, 0.717) is 22.7 Å². The van der Waals surface area contributed by atoms with Crippen LogP contribution in [0.4, 0.5) is 5.69 Å². The molecule has 1 amide bonds. The Hall–Kier alpha value is -4.17. The number of primary amides is 1. The molecular formula is C24H24N4O6S. The van der Waals surface area contributed by atoms with E-state index >= 15 is 0 Å². The van der Waals surface area contributed by atoms with Gasteiger partial charge < -0.3 is 25.7 Å². The highest BCUT2D eigenvalue weighted by Gasteiger charge is 2.45. The number of allylic oxidation sites excluding steroid dienone is 3. The number of nitrogens with two attached hydrogens (primary N) is 2. The summed E-state index contributed by atoms with van der Waals surface area (Å²) in [4.78, 5) is 12.9. The van der Waals surface area contributed by atoms with Gasteiger partial charge in [-0.15, -0.1) is 0 Å². The molecule has 0 fully saturated rings. The van der Waals surface area contributed by atoms with Crippen LogP contribution in [0.1, 0.15) is 17.9 Å². The average Bonchev–Trinajstić information content (AvgIpc) is 3.16. The van der Waals surface area contributed by atoms with E-state index in [2.05, 4.69) is 6.07 Å². The Labute approximate surface area is 202 Å². The van der Waals surface area contributed by atoms with Crippen molar-refractivity contribution in [3.63, 3.8) is 0 Å². The van der Waals surface area contributed by atoms with Gasteiger partial charge in [0.2, 0.25) is 0 Å². The van der Waals surface area contributed by atoms with E-state index in [9.17, 15) is 18.5 Å². The summed E-state index contributed by atoms with van der Waals surface area (Å²) in [6.45, 7) is -0.351. The van der Waals surface area contributed by atoms with Crippen LogP contribution in [0.15, 0.2) is 64.5 Å². The molecule has 2 aromatic rings. The zero-order valence-corrected chi connectivity index (χ0v) is 20.0. The highest BCUT2D eigenvalue weighted by molar-refractivity contribution is 7.95. The summed E-state index contributed by atoms with van der Waals surface area (Å²) in [5, 5.41) is 10.1. The van der Waals surface area contributed by atoms with Gasteiger partial charge in [-0.1, -0.05) is 6.07 Å². The maximum absolute atomic E-state index is 13.2. The molecule has 11 heteroatoms. The molecule has 0 saturated carbocycles. The number of amides is 1. The van der Waals surface area contributed by atoms with Crippen LogP contribution >= 0.6 is 0 Å². The molecule has 0 saturated heterocycles. The molecule has 0 aliphatic carbocycles. The standard InChI is InChI=1S/C24H24N4O6S/c1-32-16-6-4-15(5-7-16)28-18-9-10-35(30,31)23(18)22(17(12-25)24(28)27)14-3-8-19(20(11-14)33-2)34-13-21(26)29/h3-8,11,22H,9-10,13,27H2,1-2H3,(H2,26,29)/t22-/m0/s1. The Morgan fingerprint density at radius 3 is 2.46 bits per heavy atom. The van der Waals surface area contributed by atoms with Gasteiger partial charge in [-0.2, -0.15) is 5.26 Å². The van der Waals surface area contributed by atoms with E-state index in [-0.39, 0.29) is 46.6 Å². The largest absolute Gasteiger partial charge is 0.497 e. The third-order valence-electron chi connectivity index (χ3n) is 5.91. The van der Waals surface area contributed by atoms with Crippen molar-refractivity contribution in [2.24, 2.45) is 11.5 Å². The van der Waals surface area contributed by atoms with Crippen molar-refractivity contribution in [3.8, 4) is 23.3 Å². The van der Waals surface area contributed by atoms with Gasteiger partial charge in [-0.05, 0) is 42.0 Å². The molecule has 4 N–H and O–H groups in total. The Kier molecular flexibility index (Phi) is 6.32. The third-order valence-corrected chi connectivity index (χ3v) is 7.79. The van der Waals surface area contributed by atoms with E-state index in [1.165, 1.54) is 7.11 Å². The minimum absolute atomic E-state index is 0.0935. The number of anilines is 1. The number of nitrogens with zero attached hydrogens (tertiary/aromatic N) is 2. The van der Waals surface area contributed by atoms with Gasteiger partial charge in [-0.3, -0.25) is 9.69 Å². The predicted molar refractivity (Wildman–Crippen MR) is 128 cm³/mol. The van der Waals surface area contributed by atoms with Crippen molar-refractivity contribution in [1.29, 1.82) is 5.26 Å². The second-order valence-corrected chi connectivity index (χ2v) is 10.00. The Balaban J connectivity index is 1.87. The zero-order chi connectivity index (χ0) is 25.3. The maximum atomic E-state index is 13.2. The lowest BCUT2D eigenvalue weighted by Crippen LogP contribution is -2.34. The van der Waals surface area contributed by atoms with Gasteiger partial charge in [0.25, 0.3) is 5.91 Å². The van der Waals surface area contributed by atoms with Crippen LogP contribution in [0.25, 0.3) is 0 Å². The number of nitriles is 1. The summed E-state index contributed by atoms with van der Waals surface area (Å²) in [6, 6.07) is 13.8. The number of carbonyl (C=O) groups excluding carboxylic acids is 1. The Morgan fingerprint density at radius 1 is 1.14 bits per heavy atom. The molecule has 1 atom stereocenters. The highest BCUT2D eigenvalue weighted by atomic mass is 32.2. The van der Waals surface area contributed by atoms with Crippen molar-refractivity contribution < 1.29 is 27.4 Å². The summed E-state index contributed by atoms with van der Waals surface area (Å²) in [7, 11) is -0.718. The summed E-state index contributed by atoms with van der Waals surface area (Å²) in [5.74, 6) is -0.381. The van der Waals surface area contributed by atoms with Gasteiger partial charge >= 0.3 is 0 Å². The summed E-state index contributed by atoms with van der Waals surface area (Å²) in [5.41, 5.74) is 13.4. The van der Waals surface area contributed by atoms with Crippen molar-refractivity contribution in [2.45, 2.75) is 12.3 Å². The van der Waals surface area contributed by atoms with Crippen LogP contribution in [0.5, 0.6) is 17.2 Å². The molecule has 10 nitrogen and oxygen atoms in total. The molecule has 4 rings (SSSR count). The van der Waals surface area contributed by atoms with E-state index in [0.717, 1.165) is 0 Å². The smallest absolute Gasteiger partial charge is 0.255 e. The molecule has 0 spiro atoms. The lowest BCUT2D eigenvalue weighted by molar-refractivity contribution is -0.119. The van der Waals surface area contributed by atoms with E-state index in [1.807, 2.05) is 0 Å². The first-order valence-corrected chi connectivity index (χ1v) is 12.3. The van der Waals surface area contributed by atoms with Crippen molar-refractivity contribution in [3.05, 3.63) is 70.0 Å². The van der Waals surface area contributed by atoms with Crippen molar-refractivity contribution >= 4 is 21.4 Å². The number of carbonyl (C=O) groups is 1. The van der Waals surface area contributed by atoms with Crippen molar-refractivity contribution in [1.82, 2.24) is 0 Å². The normalized spacial score (nSPS) is 18.7. The lowest BCUT2D eigenvalue weighted by Gasteiger charge is -2.35. The number of hydrogen-bond donors (Lipinski definition) is 2. The quantitative estimate of drug-likeness (QED) is 0.584. The summed E-state index contributed by atoms with van der Waals surface area (Å²) in [6.07, 6.45) is 0.247. The number of ether oxygens (including phenoxy) is 3. The second kappa shape index (κ2) is 9.23. The molecule has 0 bridgehead atoms. The first-order valence-electron chi connectivity index (χ1n) is 10.6. The van der Waals surface area contributed by atoms with Crippen LogP contribution in [0, 0.1) is 11.3 Å². The molecule has 35 heavy (non-hydrogen) atoms. The number of benzene rings is 2. The van der Waals surface area contributed by atoms with Gasteiger partial charge in [0.1, 0.15) is 11.6 Å². The van der Waals surface area contributed by atoms with Crippen LogP contribution < -0.4 is 30.6 Å². The predicted octanol–water partition coefficient (Wildman–Crippen LogP) is 1.90. The Bertz CT molecular complexity index is 1390. The molecule has 2 aromatic carbocycles. The van der Waals surface area contributed by atoms with Gasteiger partial charge in [0.05, 0.1) is 42.4 Å². The highest BCUT2D eigenvalue weighted by Crippen LogP contribution is 2.49. The Morgan fingerprint density at radius 2 is 1.86 bits per heavy atom. The minimum atomic E-state index is -3.68. The molecular weight excluding hydrogens is 472 g/mol. The van der Waals surface area contributed by atoms with E-state index in [1.54, 1.807) is 54.5 Å². The monoisotopic (exact) mass is 496 g/mol. The van der Waals surface area contributed by atoms with Gasteiger partial charge in [-0.25, -0.2) is 8.42 Å². The number of rotatable bonds is 7. The summed E-state index contributed by atoms with van der Waals surface area (Å²) < 4.78 is 42.5. The first kappa shape index (κ1) is 24.0.